The van der Waals surface area contributed by atoms with Gasteiger partial charge >= 0.3 is 0 Å². The van der Waals surface area contributed by atoms with E-state index < -0.39 is 0 Å². The van der Waals surface area contributed by atoms with Crippen molar-refractivity contribution in [1.82, 2.24) is 9.97 Å². The van der Waals surface area contributed by atoms with Crippen molar-refractivity contribution in [1.29, 1.82) is 0 Å². The summed E-state index contributed by atoms with van der Waals surface area (Å²) in [6.07, 6.45) is 3.83. The van der Waals surface area contributed by atoms with Crippen LogP contribution >= 0.6 is 0 Å². The number of nitrogens with zero attached hydrogens (tertiary/aromatic N) is 1. The molecule has 2 aromatic heterocycles. The molecule has 0 saturated heterocycles. The van der Waals surface area contributed by atoms with Crippen molar-refractivity contribution in [2.75, 3.05) is 0 Å². The zero-order valence-corrected chi connectivity index (χ0v) is 12.7. The Hall–Kier alpha value is -3.07. The molecule has 3 nitrogen and oxygen atoms in total. The van der Waals surface area contributed by atoms with Crippen LogP contribution in [0.3, 0.4) is 0 Å². The molecule has 0 spiro atoms. The number of phenols is 1. The minimum absolute atomic E-state index is 0.260. The van der Waals surface area contributed by atoms with Crippen molar-refractivity contribution in [3.63, 3.8) is 0 Å². The fourth-order valence-corrected chi connectivity index (χ4v) is 2.90. The van der Waals surface area contributed by atoms with Crippen molar-refractivity contribution < 1.29 is 5.11 Å². The van der Waals surface area contributed by atoms with Gasteiger partial charge in [-0.25, -0.2) is 4.98 Å². The van der Waals surface area contributed by atoms with Crippen LogP contribution in [-0.2, 0) is 0 Å². The largest absolute Gasteiger partial charge is 0.508 e. The number of benzene rings is 2. The van der Waals surface area contributed by atoms with Gasteiger partial charge in [-0.1, -0.05) is 42.0 Å². The van der Waals surface area contributed by atoms with Crippen LogP contribution in [0, 0.1) is 6.92 Å². The molecule has 0 fully saturated rings. The predicted molar refractivity (Wildman–Crippen MR) is 93.4 cm³/mol. The van der Waals surface area contributed by atoms with Crippen molar-refractivity contribution >= 4 is 11.0 Å². The van der Waals surface area contributed by atoms with Gasteiger partial charge < -0.3 is 10.1 Å². The lowest BCUT2D eigenvalue weighted by Gasteiger charge is -2.04. The number of H-pyrrole nitrogens is 1. The van der Waals surface area contributed by atoms with Crippen molar-refractivity contribution in [3.8, 4) is 28.0 Å². The van der Waals surface area contributed by atoms with Gasteiger partial charge in [-0.05, 0) is 36.2 Å². The van der Waals surface area contributed by atoms with E-state index in [1.54, 1.807) is 12.1 Å². The second-order valence-electron chi connectivity index (χ2n) is 5.74. The highest BCUT2D eigenvalue weighted by atomic mass is 16.3. The molecule has 4 rings (SSSR count). The van der Waals surface area contributed by atoms with Crippen LogP contribution in [0.5, 0.6) is 5.75 Å². The summed E-state index contributed by atoms with van der Waals surface area (Å²) in [6, 6.07) is 17.8. The number of aromatic hydroxyl groups is 1. The predicted octanol–water partition coefficient (Wildman–Crippen LogP) is 4.91. The molecule has 0 amide bonds. The second kappa shape index (κ2) is 5.29. The molecule has 0 aliphatic rings. The summed E-state index contributed by atoms with van der Waals surface area (Å²) in [7, 11) is 0. The van der Waals surface area contributed by atoms with Crippen LogP contribution in [0.4, 0.5) is 0 Å². The Balaban J connectivity index is 1.90. The lowest BCUT2D eigenvalue weighted by molar-refractivity contribution is 0.475. The van der Waals surface area contributed by atoms with Gasteiger partial charge in [0.05, 0.1) is 0 Å². The molecule has 0 aliphatic carbocycles. The Bertz CT molecular complexity index is 1000. The van der Waals surface area contributed by atoms with E-state index in [4.69, 9.17) is 0 Å². The van der Waals surface area contributed by atoms with E-state index in [0.29, 0.717) is 0 Å². The topological polar surface area (TPSA) is 48.9 Å². The monoisotopic (exact) mass is 300 g/mol. The Morgan fingerprint density at radius 1 is 0.913 bits per heavy atom. The minimum Gasteiger partial charge on any atom is -0.508 e. The molecule has 0 saturated carbocycles. The number of nitrogens with one attached hydrogen (secondary N) is 1. The molecule has 0 unspecified atom stereocenters. The number of phenolic OH excluding ortho intramolecular Hbond substituents is 1. The van der Waals surface area contributed by atoms with Crippen LogP contribution < -0.4 is 0 Å². The number of fused-ring (bicyclic) bond motifs is 1. The first-order chi connectivity index (χ1) is 11.2. The first kappa shape index (κ1) is 13.6. The number of aromatic nitrogens is 2. The van der Waals surface area contributed by atoms with Crippen LogP contribution in [0.25, 0.3) is 33.3 Å². The van der Waals surface area contributed by atoms with Gasteiger partial charge in [0.2, 0.25) is 0 Å². The normalized spacial score (nSPS) is 11.0. The summed E-state index contributed by atoms with van der Waals surface area (Å²) in [5.74, 6) is 0.260. The number of hydrogen-bond donors (Lipinski definition) is 2. The van der Waals surface area contributed by atoms with Crippen LogP contribution in [0.15, 0.2) is 67.0 Å². The molecule has 23 heavy (non-hydrogen) atoms. The van der Waals surface area contributed by atoms with Crippen LogP contribution in [0.2, 0.25) is 0 Å². The summed E-state index contributed by atoms with van der Waals surface area (Å²) >= 11 is 0. The summed E-state index contributed by atoms with van der Waals surface area (Å²) < 4.78 is 0. The van der Waals surface area contributed by atoms with Gasteiger partial charge in [0, 0.05) is 28.9 Å². The quantitative estimate of drug-likeness (QED) is 0.552. The minimum atomic E-state index is 0.260. The van der Waals surface area contributed by atoms with E-state index >= 15 is 0 Å². The highest BCUT2D eigenvalue weighted by Crippen LogP contribution is 2.32. The standard InChI is InChI=1S/C20H16N2O/c1-13-4-2-6-15(8-13)19-12-22-20-18(19)10-16(11-21-20)14-5-3-7-17(23)9-14/h2-12,23H,1H3,(H,21,22). The average Bonchev–Trinajstić information content (AvgIpc) is 2.98. The first-order valence-corrected chi connectivity index (χ1v) is 7.54. The lowest BCUT2D eigenvalue weighted by atomic mass is 10.0. The van der Waals surface area contributed by atoms with E-state index in [0.717, 1.165) is 27.7 Å². The molecule has 2 N–H and O–H groups in total. The number of rotatable bonds is 2. The Morgan fingerprint density at radius 3 is 2.57 bits per heavy atom. The summed E-state index contributed by atoms with van der Waals surface area (Å²) in [5.41, 5.74) is 6.35. The summed E-state index contributed by atoms with van der Waals surface area (Å²) in [5, 5.41) is 10.8. The molecule has 0 aliphatic heterocycles. The summed E-state index contributed by atoms with van der Waals surface area (Å²) in [4.78, 5) is 7.75. The molecular formula is C20H16N2O. The molecule has 112 valence electrons. The maximum atomic E-state index is 9.68. The van der Waals surface area contributed by atoms with Gasteiger partial charge in [0.25, 0.3) is 0 Å². The average molecular weight is 300 g/mol. The van der Waals surface area contributed by atoms with E-state index in [-0.39, 0.29) is 5.75 Å². The zero-order chi connectivity index (χ0) is 15.8. The van der Waals surface area contributed by atoms with Crippen LogP contribution in [-0.4, -0.2) is 15.1 Å². The van der Waals surface area contributed by atoms with Crippen molar-refractivity contribution in [2.24, 2.45) is 0 Å². The SMILES string of the molecule is Cc1cccc(-c2c[nH]c3ncc(-c4cccc(O)c4)cc23)c1. The number of aryl methyl sites for hydroxylation is 1. The fourth-order valence-electron chi connectivity index (χ4n) is 2.90. The summed E-state index contributed by atoms with van der Waals surface area (Å²) in [6.45, 7) is 2.09. The van der Waals surface area contributed by atoms with E-state index in [2.05, 4.69) is 47.2 Å². The molecule has 0 radical (unpaired) electrons. The molecule has 3 heteroatoms. The highest BCUT2D eigenvalue weighted by Gasteiger charge is 2.09. The second-order valence-corrected chi connectivity index (χ2v) is 5.74. The molecule has 0 atom stereocenters. The Labute approximate surface area is 134 Å². The maximum absolute atomic E-state index is 9.68. The third-order valence-corrected chi connectivity index (χ3v) is 4.04. The smallest absolute Gasteiger partial charge is 0.137 e. The van der Waals surface area contributed by atoms with E-state index in [1.165, 1.54) is 11.1 Å². The number of aromatic amines is 1. The van der Waals surface area contributed by atoms with Gasteiger partial charge in [0.1, 0.15) is 11.4 Å². The Morgan fingerprint density at radius 2 is 1.74 bits per heavy atom. The number of hydrogen-bond acceptors (Lipinski definition) is 2. The fraction of sp³-hybridized carbons (Fsp3) is 0.0500. The maximum Gasteiger partial charge on any atom is 0.137 e. The molecule has 0 bridgehead atoms. The third kappa shape index (κ3) is 2.46. The first-order valence-electron chi connectivity index (χ1n) is 7.54. The molecular weight excluding hydrogens is 284 g/mol. The van der Waals surface area contributed by atoms with Gasteiger partial charge in [0.15, 0.2) is 0 Å². The lowest BCUT2D eigenvalue weighted by Crippen LogP contribution is -1.83. The zero-order valence-electron chi connectivity index (χ0n) is 12.7. The van der Waals surface area contributed by atoms with Gasteiger partial charge in [-0.15, -0.1) is 0 Å². The molecule has 2 aromatic carbocycles. The van der Waals surface area contributed by atoms with Crippen molar-refractivity contribution in [3.05, 3.63) is 72.6 Å². The van der Waals surface area contributed by atoms with Gasteiger partial charge in [-0.2, -0.15) is 0 Å². The molecule has 4 aromatic rings. The number of pyridine rings is 1. The molecule has 2 heterocycles. The van der Waals surface area contributed by atoms with E-state index in [9.17, 15) is 5.11 Å². The third-order valence-electron chi connectivity index (χ3n) is 4.04. The van der Waals surface area contributed by atoms with Crippen LogP contribution in [0.1, 0.15) is 5.56 Å². The Kier molecular flexibility index (Phi) is 3.12. The van der Waals surface area contributed by atoms with E-state index in [1.807, 2.05) is 24.5 Å². The highest BCUT2D eigenvalue weighted by molar-refractivity contribution is 5.95. The van der Waals surface area contributed by atoms with Crippen molar-refractivity contribution in [2.45, 2.75) is 6.92 Å². The van der Waals surface area contributed by atoms with Gasteiger partial charge in [-0.3, -0.25) is 0 Å².